The van der Waals surface area contributed by atoms with Gasteiger partial charge in [0.25, 0.3) is 0 Å². The van der Waals surface area contributed by atoms with Crippen LogP contribution in [-0.4, -0.2) is 60.0 Å². The van der Waals surface area contributed by atoms with Crippen molar-refractivity contribution in [3.63, 3.8) is 0 Å². The molecule has 1 N–H and O–H groups in total. The number of aromatic nitrogens is 1. The fourth-order valence-corrected chi connectivity index (χ4v) is 4.61. The van der Waals surface area contributed by atoms with Crippen molar-refractivity contribution in [3.05, 3.63) is 107 Å². The molecule has 1 aliphatic rings. The lowest BCUT2D eigenvalue weighted by atomic mass is 9.96. The average molecular weight is 469 g/mol. The standard InChI is InChI=1S/C30H36N4O/c1-25-14-15-26(24-32-25)16-17-29(35)31-18-8-9-19-33-20-22-34(23-21-33)30(27-10-4-2-5-11-27)28-12-6-3-7-13-28/h2-7,10-17,24,30H,8-9,18-23H2,1H3,(H,31,35)/b17-16+. The van der Waals surface area contributed by atoms with E-state index in [1.807, 2.05) is 19.1 Å². The molecule has 182 valence electrons. The van der Waals surface area contributed by atoms with Gasteiger partial charge in [0.1, 0.15) is 0 Å². The fourth-order valence-electron chi connectivity index (χ4n) is 4.61. The predicted molar refractivity (Wildman–Crippen MR) is 143 cm³/mol. The van der Waals surface area contributed by atoms with Gasteiger partial charge in [-0.25, -0.2) is 0 Å². The minimum Gasteiger partial charge on any atom is -0.353 e. The van der Waals surface area contributed by atoms with Gasteiger partial charge in [-0.05, 0) is 55.1 Å². The third kappa shape index (κ3) is 7.61. The number of benzene rings is 2. The van der Waals surface area contributed by atoms with E-state index < -0.39 is 0 Å². The fraction of sp³-hybridized carbons (Fsp3) is 0.333. The molecule has 1 aliphatic heterocycles. The minimum atomic E-state index is -0.0490. The Morgan fingerprint density at radius 1 is 0.914 bits per heavy atom. The van der Waals surface area contributed by atoms with E-state index in [1.165, 1.54) is 11.1 Å². The molecule has 2 aromatic carbocycles. The van der Waals surface area contributed by atoms with Crippen LogP contribution in [0, 0.1) is 6.92 Å². The number of nitrogens with zero attached hydrogens (tertiary/aromatic N) is 3. The van der Waals surface area contributed by atoms with E-state index in [0.29, 0.717) is 12.6 Å². The van der Waals surface area contributed by atoms with Gasteiger partial charge in [0.15, 0.2) is 0 Å². The van der Waals surface area contributed by atoms with Crippen LogP contribution in [0.5, 0.6) is 0 Å². The first-order valence-electron chi connectivity index (χ1n) is 12.6. The molecule has 5 nitrogen and oxygen atoms in total. The molecule has 5 heteroatoms. The largest absolute Gasteiger partial charge is 0.353 e. The SMILES string of the molecule is Cc1ccc(/C=C/C(=O)NCCCCN2CCN(C(c3ccccc3)c3ccccc3)CC2)cn1. The Morgan fingerprint density at radius 2 is 1.57 bits per heavy atom. The monoisotopic (exact) mass is 468 g/mol. The van der Waals surface area contributed by atoms with Gasteiger partial charge < -0.3 is 10.2 Å². The number of hydrogen-bond donors (Lipinski definition) is 1. The lowest BCUT2D eigenvalue weighted by molar-refractivity contribution is -0.116. The zero-order chi connectivity index (χ0) is 24.3. The lowest BCUT2D eigenvalue weighted by Gasteiger charge is -2.39. The summed E-state index contributed by atoms with van der Waals surface area (Å²) in [6.07, 6.45) is 7.25. The molecule has 0 bridgehead atoms. The molecule has 0 radical (unpaired) electrons. The van der Waals surface area contributed by atoms with Gasteiger partial charge in [-0.2, -0.15) is 0 Å². The highest BCUT2D eigenvalue weighted by atomic mass is 16.1. The molecule has 0 atom stereocenters. The van der Waals surface area contributed by atoms with Crippen LogP contribution >= 0.6 is 0 Å². The van der Waals surface area contributed by atoms with Gasteiger partial charge in [0.2, 0.25) is 5.91 Å². The summed E-state index contributed by atoms with van der Waals surface area (Å²) in [5.74, 6) is -0.0490. The van der Waals surface area contributed by atoms with E-state index in [4.69, 9.17) is 0 Å². The van der Waals surface area contributed by atoms with Crippen LogP contribution in [0.25, 0.3) is 6.08 Å². The number of unbranched alkanes of at least 4 members (excludes halogenated alkanes) is 1. The molecular weight excluding hydrogens is 432 g/mol. The summed E-state index contributed by atoms with van der Waals surface area (Å²) in [4.78, 5) is 21.4. The highest BCUT2D eigenvalue weighted by molar-refractivity contribution is 5.91. The number of rotatable bonds is 10. The van der Waals surface area contributed by atoms with Crippen molar-refractivity contribution in [2.45, 2.75) is 25.8 Å². The summed E-state index contributed by atoms with van der Waals surface area (Å²) in [5.41, 5.74) is 4.62. The molecule has 4 rings (SSSR count). The van der Waals surface area contributed by atoms with Crippen molar-refractivity contribution in [1.82, 2.24) is 20.1 Å². The molecule has 3 aromatic rings. The van der Waals surface area contributed by atoms with Gasteiger partial charge in [-0.3, -0.25) is 14.7 Å². The Balaban J connectivity index is 1.17. The van der Waals surface area contributed by atoms with Crippen LogP contribution < -0.4 is 5.32 Å². The molecule has 2 heterocycles. The number of nitrogens with one attached hydrogen (secondary N) is 1. The molecule has 0 aliphatic carbocycles. The van der Waals surface area contributed by atoms with E-state index >= 15 is 0 Å². The maximum Gasteiger partial charge on any atom is 0.243 e. The number of aryl methyl sites for hydroxylation is 1. The third-order valence-corrected chi connectivity index (χ3v) is 6.56. The van der Waals surface area contributed by atoms with E-state index in [0.717, 1.165) is 56.8 Å². The molecule has 0 unspecified atom stereocenters. The van der Waals surface area contributed by atoms with Gasteiger partial charge >= 0.3 is 0 Å². The molecular formula is C30H36N4O. The van der Waals surface area contributed by atoms with E-state index in [-0.39, 0.29) is 5.91 Å². The van der Waals surface area contributed by atoms with Crippen molar-refractivity contribution in [2.75, 3.05) is 39.3 Å². The third-order valence-electron chi connectivity index (χ3n) is 6.56. The summed E-state index contributed by atoms with van der Waals surface area (Å²) >= 11 is 0. The molecule has 0 spiro atoms. The molecule has 35 heavy (non-hydrogen) atoms. The number of pyridine rings is 1. The lowest BCUT2D eigenvalue weighted by Crippen LogP contribution is -2.48. The average Bonchev–Trinajstić information content (AvgIpc) is 2.90. The van der Waals surface area contributed by atoms with Crippen molar-refractivity contribution in [3.8, 4) is 0 Å². The normalized spacial score (nSPS) is 15.0. The van der Waals surface area contributed by atoms with Crippen molar-refractivity contribution in [2.24, 2.45) is 0 Å². The van der Waals surface area contributed by atoms with Crippen LogP contribution in [0.1, 0.15) is 41.3 Å². The van der Waals surface area contributed by atoms with Crippen LogP contribution in [0.3, 0.4) is 0 Å². The summed E-state index contributed by atoms with van der Waals surface area (Å²) in [6.45, 7) is 8.01. The summed E-state index contributed by atoms with van der Waals surface area (Å²) in [6, 6.07) is 25.9. The molecule has 1 amide bonds. The summed E-state index contributed by atoms with van der Waals surface area (Å²) in [5, 5.41) is 2.99. The maximum absolute atomic E-state index is 12.0. The summed E-state index contributed by atoms with van der Waals surface area (Å²) in [7, 11) is 0. The topological polar surface area (TPSA) is 48.5 Å². The Bertz CT molecular complexity index is 1020. The van der Waals surface area contributed by atoms with Gasteiger partial charge in [0.05, 0.1) is 6.04 Å². The Hall–Kier alpha value is -3.28. The quantitative estimate of drug-likeness (QED) is 0.346. The zero-order valence-corrected chi connectivity index (χ0v) is 20.6. The summed E-state index contributed by atoms with van der Waals surface area (Å²) < 4.78 is 0. The Morgan fingerprint density at radius 3 is 2.17 bits per heavy atom. The minimum absolute atomic E-state index is 0.0490. The zero-order valence-electron chi connectivity index (χ0n) is 20.6. The van der Waals surface area contributed by atoms with Crippen LogP contribution in [-0.2, 0) is 4.79 Å². The van der Waals surface area contributed by atoms with E-state index in [2.05, 4.69) is 80.8 Å². The second kappa shape index (κ2) is 13.0. The van der Waals surface area contributed by atoms with E-state index in [1.54, 1.807) is 18.3 Å². The first kappa shape index (κ1) is 24.8. The molecule has 1 saturated heterocycles. The number of hydrogen-bond acceptors (Lipinski definition) is 4. The second-order valence-corrected chi connectivity index (χ2v) is 9.17. The second-order valence-electron chi connectivity index (χ2n) is 9.17. The number of carbonyl (C=O) groups is 1. The van der Waals surface area contributed by atoms with Crippen LogP contribution in [0.2, 0.25) is 0 Å². The van der Waals surface area contributed by atoms with Crippen molar-refractivity contribution < 1.29 is 4.79 Å². The van der Waals surface area contributed by atoms with Crippen molar-refractivity contribution in [1.29, 1.82) is 0 Å². The van der Waals surface area contributed by atoms with Gasteiger partial charge in [-0.15, -0.1) is 0 Å². The highest BCUT2D eigenvalue weighted by Crippen LogP contribution is 2.29. The van der Waals surface area contributed by atoms with Gasteiger partial charge in [0, 0.05) is 50.7 Å². The highest BCUT2D eigenvalue weighted by Gasteiger charge is 2.26. The number of piperazine rings is 1. The van der Waals surface area contributed by atoms with Crippen LogP contribution in [0.15, 0.2) is 85.1 Å². The molecule has 1 aromatic heterocycles. The molecule has 1 fully saturated rings. The Labute approximate surface area is 209 Å². The first-order chi connectivity index (χ1) is 17.2. The first-order valence-corrected chi connectivity index (χ1v) is 12.6. The van der Waals surface area contributed by atoms with Gasteiger partial charge in [-0.1, -0.05) is 66.7 Å². The van der Waals surface area contributed by atoms with Crippen molar-refractivity contribution >= 4 is 12.0 Å². The molecule has 0 saturated carbocycles. The maximum atomic E-state index is 12.0. The van der Waals surface area contributed by atoms with E-state index in [9.17, 15) is 4.79 Å². The van der Waals surface area contributed by atoms with Crippen LogP contribution in [0.4, 0.5) is 0 Å². The Kier molecular flexibility index (Phi) is 9.21. The smallest absolute Gasteiger partial charge is 0.243 e. The predicted octanol–water partition coefficient (Wildman–Crippen LogP) is 4.71. The number of amides is 1. The number of carbonyl (C=O) groups excluding carboxylic acids is 1.